The second kappa shape index (κ2) is 6.41. The van der Waals surface area contributed by atoms with Crippen LogP contribution in [0.1, 0.15) is 46.6 Å². The van der Waals surface area contributed by atoms with E-state index in [2.05, 4.69) is 15.1 Å². The maximum absolute atomic E-state index is 13.2. The predicted molar refractivity (Wildman–Crippen MR) is 108 cm³/mol. The topological polar surface area (TPSA) is 75.4 Å². The van der Waals surface area contributed by atoms with Crippen molar-refractivity contribution in [3.05, 3.63) is 16.1 Å². The number of nitrogens with zero attached hydrogens (tertiary/aromatic N) is 4. The molecular weight excluding hydrogens is 358 g/mol. The average Bonchev–Trinajstić information content (AvgIpc) is 3.39. The van der Waals surface area contributed by atoms with E-state index >= 15 is 0 Å². The Bertz CT molecular complexity index is 889. The molecule has 144 valence electrons. The monoisotopic (exact) mass is 385 g/mol. The molecule has 0 bridgehead atoms. The van der Waals surface area contributed by atoms with Gasteiger partial charge in [-0.2, -0.15) is 5.10 Å². The van der Waals surface area contributed by atoms with Crippen molar-refractivity contribution >= 4 is 33.1 Å². The van der Waals surface area contributed by atoms with Crippen LogP contribution in [0.2, 0.25) is 0 Å². The third-order valence-corrected chi connectivity index (χ3v) is 8.05. The number of carbonyl (C=O) groups excluding carboxylic acids is 1. The number of fused-ring (bicyclic) bond motifs is 2. The van der Waals surface area contributed by atoms with Gasteiger partial charge in [0.15, 0.2) is 0 Å². The number of likely N-dealkylation sites (tertiary alicyclic amines) is 2. The van der Waals surface area contributed by atoms with Crippen LogP contribution in [-0.2, 0) is 0 Å². The van der Waals surface area contributed by atoms with Gasteiger partial charge in [-0.1, -0.05) is 12.8 Å². The molecule has 1 saturated carbocycles. The van der Waals surface area contributed by atoms with Crippen molar-refractivity contribution in [2.45, 2.75) is 45.6 Å². The lowest BCUT2D eigenvalue weighted by Gasteiger charge is -2.26. The minimum atomic E-state index is 0.0781. The van der Waals surface area contributed by atoms with Gasteiger partial charge in [0.1, 0.15) is 9.71 Å². The van der Waals surface area contributed by atoms with Gasteiger partial charge in [0.25, 0.3) is 5.91 Å². The Morgan fingerprint density at radius 1 is 1.07 bits per heavy atom. The fourth-order valence-electron chi connectivity index (χ4n) is 5.31. The fourth-order valence-corrected chi connectivity index (χ4v) is 6.37. The molecule has 3 aliphatic rings. The highest BCUT2D eigenvalue weighted by atomic mass is 32.1. The van der Waals surface area contributed by atoms with Gasteiger partial charge in [0.2, 0.25) is 0 Å². The molecule has 5 rings (SSSR count). The summed E-state index contributed by atoms with van der Waals surface area (Å²) in [5.41, 5.74) is 8.86. The summed E-state index contributed by atoms with van der Waals surface area (Å²) in [4.78, 5) is 19.3. The Morgan fingerprint density at radius 2 is 1.74 bits per heavy atom. The lowest BCUT2D eigenvalue weighted by molar-refractivity contribution is 0.0775. The number of carbonyl (C=O) groups is 1. The highest BCUT2D eigenvalue weighted by Crippen LogP contribution is 2.39. The Labute approximate surface area is 163 Å². The summed E-state index contributed by atoms with van der Waals surface area (Å²) in [6.45, 7) is 7.98. The molecule has 1 amide bonds. The molecule has 4 heterocycles. The number of aromatic nitrogens is 2. The molecule has 2 N–H and O–H groups in total. The van der Waals surface area contributed by atoms with Gasteiger partial charge in [-0.25, -0.2) is 0 Å². The van der Waals surface area contributed by atoms with Crippen LogP contribution in [0.3, 0.4) is 0 Å². The number of nitrogens with two attached hydrogens (primary N) is 1. The van der Waals surface area contributed by atoms with Crippen LogP contribution >= 0.6 is 11.3 Å². The summed E-state index contributed by atoms with van der Waals surface area (Å²) >= 11 is 1.39. The van der Waals surface area contributed by atoms with E-state index in [1.54, 1.807) is 0 Å². The smallest absolute Gasteiger partial charge is 0.266 e. The fraction of sp³-hybridized carbons (Fsp3) is 0.650. The molecule has 7 heteroatoms. The quantitative estimate of drug-likeness (QED) is 0.860. The molecule has 1 aliphatic carbocycles. The van der Waals surface area contributed by atoms with Gasteiger partial charge >= 0.3 is 0 Å². The highest BCUT2D eigenvalue weighted by Gasteiger charge is 2.44. The summed E-state index contributed by atoms with van der Waals surface area (Å²) in [6, 6.07) is 0.794. The number of hydrogen-bond acceptors (Lipinski definition) is 6. The molecule has 3 fully saturated rings. The van der Waals surface area contributed by atoms with Crippen molar-refractivity contribution in [1.29, 1.82) is 0 Å². The number of aryl methyl sites for hydroxylation is 2. The zero-order valence-corrected chi connectivity index (χ0v) is 16.9. The Morgan fingerprint density at radius 3 is 2.41 bits per heavy atom. The van der Waals surface area contributed by atoms with E-state index in [0.717, 1.165) is 53.7 Å². The largest absolute Gasteiger partial charge is 0.397 e. The van der Waals surface area contributed by atoms with E-state index in [-0.39, 0.29) is 5.91 Å². The molecule has 0 aromatic carbocycles. The Balaban J connectivity index is 1.34. The minimum absolute atomic E-state index is 0.0781. The van der Waals surface area contributed by atoms with Crippen LogP contribution < -0.4 is 5.73 Å². The molecule has 0 radical (unpaired) electrons. The van der Waals surface area contributed by atoms with Crippen LogP contribution in [0.15, 0.2) is 0 Å². The number of rotatable bonds is 2. The maximum Gasteiger partial charge on any atom is 0.266 e. The Kier molecular flexibility index (Phi) is 4.13. The number of anilines is 1. The van der Waals surface area contributed by atoms with E-state index in [9.17, 15) is 4.79 Å². The van der Waals surface area contributed by atoms with Crippen LogP contribution in [0.5, 0.6) is 0 Å². The van der Waals surface area contributed by atoms with Crippen LogP contribution in [0.25, 0.3) is 10.2 Å². The second-order valence-electron chi connectivity index (χ2n) is 8.56. The SMILES string of the molecule is Cc1nnc2sc(C(=O)N3CC4CN(C5CCCC5)CC4C3)c(N)c2c1C. The summed E-state index contributed by atoms with van der Waals surface area (Å²) in [5.74, 6) is 1.32. The number of hydrogen-bond donors (Lipinski definition) is 1. The van der Waals surface area contributed by atoms with Crippen molar-refractivity contribution in [1.82, 2.24) is 20.0 Å². The lowest BCUT2D eigenvalue weighted by Crippen LogP contribution is -2.36. The predicted octanol–water partition coefficient (Wildman–Crippen LogP) is 2.84. The minimum Gasteiger partial charge on any atom is -0.397 e. The molecular formula is C20H27N5OS. The second-order valence-corrected chi connectivity index (χ2v) is 9.56. The zero-order valence-electron chi connectivity index (χ0n) is 16.1. The van der Waals surface area contributed by atoms with Crippen molar-refractivity contribution in [2.75, 3.05) is 31.9 Å². The van der Waals surface area contributed by atoms with Crippen LogP contribution in [-0.4, -0.2) is 58.1 Å². The van der Waals surface area contributed by atoms with Crippen molar-refractivity contribution < 1.29 is 4.79 Å². The van der Waals surface area contributed by atoms with Crippen molar-refractivity contribution in [3.63, 3.8) is 0 Å². The molecule has 6 nitrogen and oxygen atoms in total. The Hall–Kier alpha value is -1.73. The van der Waals surface area contributed by atoms with Gasteiger partial charge in [-0.3, -0.25) is 9.69 Å². The number of nitrogen functional groups attached to an aromatic ring is 1. The van der Waals surface area contributed by atoms with Gasteiger partial charge in [-0.15, -0.1) is 16.4 Å². The maximum atomic E-state index is 13.2. The lowest BCUT2D eigenvalue weighted by atomic mass is 10.0. The molecule has 2 saturated heterocycles. The van der Waals surface area contributed by atoms with Gasteiger partial charge in [-0.05, 0) is 44.1 Å². The van der Waals surface area contributed by atoms with Crippen LogP contribution in [0, 0.1) is 25.7 Å². The zero-order chi connectivity index (χ0) is 18.7. The molecule has 2 aromatic heterocycles. The van der Waals surface area contributed by atoms with E-state index in [1.165, 1.54) is 37.0 Å². The molecule has 2 unspecified atom stereocenters. The standard InChI is InChI=1S/C20H27N5OS/c1-11-12(2)22-23-19-16(11)17(21)18(27-19)20(26)25-9-13-7-24(8-14(13)10-25)15-5-3-4-6-15/h13-15H,3-10,21H2,1-2H3. The van der Waals surface area contributed by atoms with E-state index in [0.29, 0.717) is 22.4 Å². The van der Waals surface area contributed by atoms with Crippen molar-refractivity contribution in [2.24, 2.45) is 11.8 Å². The molecule has 0 spiro atoms. The molecule has 27 heavy (non-hydrogen) atoms. The first-order valence-corrected chi connectivity index (χ1v) is 10.9. The van der Waals surface area contributed by atoms with E-state index in [4.69, 9.17) is 5.73 Å². The van der Waals surface area contributed by atoms with Crippen molar-refractivity contribution in [3.8, 4) is 0 Å². The van der Waals surface area contributed by atoms with Crippen LogP contribution in [0.4, 0.5) is 5.69 Å². The third kappa shape index (κ3) is 2.74. The average molecular weight is 386 g/mol. The molecule has 2 aromatic rings. The summed E-state index contributed by atoms with van der Waals surface area (Å²) in [7, 11) is 0. The normalized spacial score (nSPS) is 26.4. The summed E-state index contributed by atoms with van der Waals surface area (Å²) in [6.07, 6.45) is 5.49. The molecule has 2 aliphatic heterocycles. The first-order chi connectivity index (χ1) is 13.0. The van der Waals surface area contributed by atoms with E-state index in [1.807, 2.05) is 18.7 Å². The first kappa shape index (κ1) is 17.4. The van der Waals surface area contributed by atoms with Gasteiger partial charge < -0.3 is 10.6 Å². The highest BCUT2D eigenvalue weighted by molar-refractivity contribution is 7.21. The summed E-state index contributed by atoms with van der Waals surface area (Å²) in [5, 5.41) is 9.34. The molecule has 2 atom stereocenters. The summed E-state index contributed by atoms with van der Waals surface area (Å²) < 4.78 is 0. The first-order valence-electron chi connectivity index (χ1n) is 10.1. The third-order valence-electron chi connectivity index (χ3n) is 6.97. The number of amides is 1. The van der Waals surface area contributed by atoms with Gasteiger partial charge in [0, 0.05) is 37.6 Å². The van der Waals surface area contributed by atoms with E-state index < -0.39 is 0 Å². The number of thiophene rings is 1. The van der Waals surface area contributed by atoms with Gasteiger partial charge in [0.05, 0.1) is 11.4 Å².